The molecule has 0 aliphatic heterocycles. The largest absolute Gasteiger partial charge is 0.391 e. The first-order valence-electron chi connectivity index (χ1n) is 5.70. The van der Waals surface area contributed by atoms with Crippen LogP contribution in [0.3, 0.4) is 0 Å². The normalized spacial score (nSPS) is 15.1. The number of carbonyl (C=O) groups excluding carboxylic acids is 1. The highest BCUT2D eigenvalue weighted by Gasteiger charge is 2.15. The summed E-state index contributed by atoms with van der Waals surface area (Å²) in [5.74, 6) is -0.0136. The Labute approximate surface area is 92.2 Å². The van der Waals surface area contributed by atoms with Gasteiger partial charge >= 0.3 is 0 Å². The number of carbonyl (C=O) groups is 1. The number of rotatable bonds is 7. The van der Waals surface area contributed by atoms with Gasteiger partial charge in [0.05, 0.1) is 12.1 Å². The summed E-state index contributed by atoms with van der Waals surface area (Å²) in [6.45, 7) is 6.17. The van der Waals surface area contributed by atoms with Crippen molar-refractivity contribution in [2.45, 2.75) is 52.2 Å². The molecule has 0 aromatic carbocycles. The number of hydrogen-bond donors (Lipinski definition) is 3. The number of hydrogen-bond acceptors (Lipinski definition) is 3. The summed E-state index contributed by atoms with van der Waals surface area (Å²) in [6.07, 6.45) is 2.21. The van der Waals surface area contributed by atoms with Crippen LogP contribution in [0.2, 0.25) is 0 Å². The molecule has 90 valence electrons. The summed E-state index contributed by atoms with van der Waals surface area (Å²) >= 11 is 0. The maximum Gasteiger partial charge on any atom is 0.237 e. The maximum absolute atomic E-state index is 11.4. The molecule has 0 aliphatic carbocycles. The molecule has 0 saturated carbocycles. The molecule has 15 heavy (non-hydrogen) atoms. The molecule has 0 heterocycles. The van der Waals surface area contributed by atoms with Gasteiger partial charge < -0.3 is 16.2 Å². The van der Waals surface area contributed by atoms with Gasteiger partial charge in [-0.15, -0.1) is 0 Å². The van der Waals surface area contributed by atoms with Crippen LogP contribution < -0.4 is 11.1 Å². The van der Waals surface area contributed by atoms with Gasteiger partial charge in [-0.3, -0.25) is 4.79 Å². The van der Waals surface area contributed by atoms with Crippen LogP contribution in [-0.4, -0.2) is 29.7 Å². The lowest BCUT2D eigenvalue weighted by Gasteiger charge is -2.17. The number of unbranched alkanes of at least 4 members (excludes halogenated alkanes) is 1. The van der Waals surface area contributed by atoms with Crippen LogP contribution in [0.5, 0.6) is 0 Å². The van der Waals surface area contributed by atoms with E-state index >= 15 is 0 Å². The van der Waals surface area contributed by atoms with Gasteiger partial charge in [-0.2, -0.15) is 0 Å². The summed E-state index contributed by atoms with van der Waals surface area (Å²) in [6, 6.07) is -0.440. The molecule has 4 heteroatoms. The quantitative estimate of drug-likeness (QED) is 0.584. The minimum atomic E-state index is -0.493. The summed E-state index contributed by atoms with van der Waals surface area (Å²) in [4.78, 5) is 11.4. The van der Waals surface area contributed by atoms with E-state index in [0.29, 0.717) is 6.42 Å². The zero-order valence-corrected chi connectivity index (χ0v) is 9.99. The fraction of sp³-hybridized carbons (Fsp3) is 0.909. The van der Waals surface area contributed by atoms with Gasteiger partial charge in [0.25, 0.3) is 0 Å². The molecule has 1 amide bonds. The Morgan fingerprint density at radius 3 is 2.53 bits per heavy atom. The van der Waals surface area contributed by atoms with E-state index in [1.165, 1.54) is 0 Å². The molecule has 2 unspecified atom stereocenters. The Balaban J connectivity index is 3.73. The summed E-state index contributed by atoms with van der Waals surface area (Å²) in [7, 11) is 0. The minimum absolute atomic E-state index is 0.150. The van der Waals surface area contributed by atoms with E-state index in [-0.39, 0.29) is 18.4 Å². The third-order valence-electron chi connectivity index (χ3n) is 2.46. The number of aliphatic hydroxyl groups is 1. The predicted octanol–water partition coefficient (Wildman–Crippen LogP) is 0.637. The molecule has 0 fully saturated rings. The molecular formula is C11H24N2O2. The van der Waals surface area contributed by atoms with Gasteiger partial charge in [0.15, 0.2) is 0 Å². The van der Waals surface area contributed by atoms with Crippen LogP contribution in [0.1, 0.15) is 40.0 Å². The van der Waals surface area contributed by atoms with Gasteiger partial charge in [-0.1, -0.05) is 33.6 Å². The summed E-state index contributed by atoms with van der Waals surface area (Å²) < 4.78 is 0. The fourth-order valence-electron chi connectivity index (χ4n) is 1.13. The second kappa shape index (κ2) is 7.65. The molecule has 0 aromatic rings. The van der Waals surface area contributed by atoms with Crippen molar-refractivity contribution in [2.24, 2.45) is 11.7 Å². The van der Waals surface area contributed by atoms with Crippen LogP contribution in [-0.2, 0) is 4.79 Å². The van der Waals surface area contributed by atoms with Crippen molar-refractivity contribution in [3.05, 3.63) is 0 Å². The average Bonchev–Trinajstić information content (AvgIpc) is 2.21. The van der Waals surface area contributed by atoms with Gasteiger partial charge in [0, 0.05) is 6.54 Å². The SMILES string of the molecule is CCCCC(N)C(=O)NCC(O)C(C)C. The third kappa shape index (κ3) is 6.47. The molecule has 4 N–H and O–H groups in total. The van der Waals surface area contributed by atoms with Crippen LogP contribution in [0.25, 0.3) is 0 Å². The molecule has 0 bridgehead atoms. The van der Waals surface area contributed by atoms with E-state index in [9.17, 15) is 9.90 Å². The number of nitrogens with two attached hydrogens (primary N) is 1. The first-order chi connectivity index (χ1) is 6.99. The molecule has 0 aliphatic rings. The van der Waals surface area contributed by atoms with Crippen molar-refractivity contribution in [3.8, 4) is 0 Å². The lowest BCUT2D eigenvalue weighted by molar-refractivity contribution is -0.123. The molecule has 0 aromatic heterocycles. The number of aliphatic hydroxyl groups excluding tert-OH is 1. The Morgan fingerprint density at radius 1 is 1.47 bits per heavy atom. The van der Waals surface area contributed by atoms with Crippen LogP contribution in [0.4, 0.5) is 0 Å². The van der Waals surface area contributed by atoms with Gasteiger partial charge in [-0.05, 0) is 12.3 Å². The van der Waals surface area contributed by atoms with E-state index in [1.807, 2.05) is 13.8 Å². The monoisotopic (exact) mass is 216 g/mol. The maximum atomic E-state index is 11.4. The van der Waals surface area contributed by atoms with Crippen molar-refractivity contribution < 1.29 is 9.90 Å². The smallest absolute Gasteiger partial charge is 0.237 e. The van der Waals surface area contributed by atoms with E-state index in [1.54, 1.807) is 0 Å². The molecule has 0 saturated heterocycles. The standard InChI is InChI=1S/C11H24N2O2/c1-4-5-6-9(12)11(15)13-7-10(14)8(2)3/h8-10,14H,4-7,12H2,1-3H3,(H,13,15). The number of amides is 1. The summed E-state index contributed by atoms with van der Waals surface area (Å²) in [5.41, 5.74) is 5.67. The lowest BCUT2D eigenvalue weighted by atomic mass is 10.1. The highest BCUT2D eigenvalue weighted by Crippen LogP contribution is 2.00. The number of nitrogens with one attached hydrogen (secondary N) is 1. The van der Waals surface area contributed by atoms with E-state index in [0.717, 1.165) is 12.8 Å². The summed E-state index contributed by atoms with van der Waals surface area (Å²) in [5, 5.41) is 12.1. The van der Waals surface area contributed by atoms with Crippen molar-refractivity contribution in [3.63, 3.8) is 0 Å². The molecule has 0 rings (SSSR count). The van der Waals surface area contributed by atoms with Crippen LogP contribution >= 0.6 is 0 Å². The molecule has 2 atom stereocenters. The second-order valence-electron chi connectivity index (χ2n) is 4.31. The molecular weight excluding hydrogens is 192 g/mol. The Bertz CT molecular complexity index is 183. The topological polar surface area (TPSA) is 75.4 Å². The Kier molecular flexibility index (Phi) is 7.34. The van der Waals surface area contributed by atoms with E-state index in [4.69, 9.17) is 5.73 Å². The highest BCUT2D eigenvalue weighted by molar-refractivity contribution is 5.81. The predicted molar refractivity (Wildman–Crippen MR) is 61.4 cm³/mol. The lowest BCUT2D eigenvalue weighted by Crippen LogP contribution is -2.44. The average molecular weight is 216 g/mol. The molecule has 0 radical (unpaired) electrons. The zero-order valence-electron chi connectivity index (χ0n) is 9.99. The van der Waals surface area contributed by atoms with Crippen LogP contribution in [0.15, 0.2) is 0 Å². The van der Waals surface area contributed by atoms with E-state index in [2.05, 4.69) is 12.2 Å². The van der Waals surface area contributed by atoms with Crippen molar-refractivity contribution in [1.29, 1.82) is 0 Å². The molecule has 0 spiro atoms. The van der Waals surface area contributed by atoms with Gasteiger partial charge in [-0.25, -0.2) is 0 Å². The molecule has 4 nitrogen and oxygen atoms in total. The first-order valence-corrected chi connectivity index (χ1v) is 5.70. The van der Waals surface area contributed by atoms with Crippen LogP contribution in [0, 0.1) is 5.92 Å². The Morgan fingerprint density at radius 2 is 2.07 bits per heavy atom. The minimum Gasteiger partial charge on any atom is -0.391 e. The third-order valence-corrected chi connectivity index (χ3v) is 2.46. The second-order valence-corrected chi connectivity index (χ2v) is 4.31. The van der Waals surface area contributed by atoms with E-state index < -0.39 is 12.1 Å². The highest BCUT2D eigenvalue weighted by atomic mass is 16.3. The van der Waals surface area contributed by atoms with Gasteiger partial charge in [0.1, 0.15) is 0 Å². The van der Waals surface area contributed by atoms with Crippen molar-refractivity contribution in [2.75, 3.05) is 6.54 Å². The van der Waals surface area contributed by atoms with Gasteiger partial charge in [0.2, 0.25) is 5.91 Å². The first kappa shape index (κ1) is 14.4. The Hall–Kier alpha value is -0.610. The zero-order chi connectivity index (χ0) is 11.8. The van der Waals surface area contributed by atoms with Crippen molar-refractivity contribution >= 4 is 5.91 Å². The fourth-order valence-corrected chi connectivity index (χ4v) is 1.13. The van der Waals surface area contributed by atoms with Crippen molar-refractivity contribution in [1.82, 2.24) is 5.32 Å².